The molecule has 2 fully saturated rings. The van der Waals surface area contributed by atoms with E-state index in [0.29, 0.717) is 19.7 Å². The van der Waals surface area contributed by atoms with Gasteiger partial charge in [0.25, 0.3) is 0 Å². The van der Waals surface area contributed by atoms with Gasteiger partial charge in [0.1, 0.15) is 0 Å². The van der Waals surface area contributed by atoms with E-state index in [2.05, 4.69) is 0 Å². The predicted octanol–water partition coefficient (Wildman–Crippen LogP) is -1.95. The smallest absolute Gasteiger partial charge is 0.228 e. The molecule has 0 aromatic carbocycles. The second kappa shape index (κ2) is 5.85. The third-order valence-corrected chi connectivity index (χ3v) is 3.70. The van der Waals surface area contributed by atoms with Crippen molar-refractivity contribution < 1.29 is 24.5 Å². The van der Waals surface area contributed by atoms with Gasteiger partial charge in [-0.3, -0.25) is 9.59 Å². The number of aliphatic hydroxyl groups is 2. The van der Waals surface area contributed by atoms with Gasteiger partial charge in [0.15, 0.2) is 0 Å². The van der Waals surface area contributed by atoms with Gasteiger partial charge in [-0.05, 0) is 0 Å². The number of hydrogen-bond acceptors (Lipinski definition) is 5. The van der Waals surface area contributed by atoms with Crippen LogP contribution in [0.5, 0.6) is 0 Å². The quantitative estimate of drug-likeness (QED) is 0.620. The van der Waals surface area contributed by atoms with Gasteiger partial charge in [-0.25, -0.2) is 0 Å². The molecule has 7 heteroatoms. The minimum atomic E-state index is -0.884. The maximum Gasteiger partial charge on any atom is 0.228 e. The lowest BCUT2D eigenvalue weighted by Gasteiger charge is -2.20. The molecule has 0 saturated carbocycles. The first-order valence-corrected chi connectivity index (χ1v) is 6.44. The highest BCUT2D eigenvalue weighted by Gasteiger charge is 2.40. The van der Waals surface area contributed by atoms with Crippen molar-refractivity contribution in [2.75, 3.05) is 39.9 Å². The molecule has 2 saturated heterocycles. The molecular weight excluding hydrogens is 252 g/mol. The fraction of sp³-hybridized carbons (Fsp3) is 0.833. The van der Waals surface area contributed by atoms with Crippen LogP contribution in [-0.2, 0) is 14.3 Å². The maximum atomic E-state index is 12.2. The summed E-state index contributed by atoms with van der Waals surface area (Å²) in [4.78, 5) is 27.0. The van der Waals surface area contributed by atoms with E-state index in [9.17, 15) is 19.8 Å². The molecule has 2 aliphatic heterocycles. The van der Waals surface area contributed by atoms with Crippen LogP contribution in [0.1, 0.15) is 6.42 Å². The number of amides is 2. The second-order valence-electron chi connectivity index (χ2n) is 5.11. The summed E-state index contributed by atoms with van der Waals surface area (Å²) in [5.41, 5.74) is 0. The third kappa shape index (κ3) is 3.05. The Balaban J connectivity index is 1.89. The Kier molecular flexibility index (Phi) is 4.38. The Morgan fingerprint density at radius 2 is 1.95 bits per heavy atom. The van der Waals surface area contributed by atoms with Crippen LogP contribution in [0.4, 0.5) is 0 Å². The Labute approximate surface area is 111 Å². The molecule has 3 atom stereocenters. The van der Waals surface area contributed by atoms with Crippen molar-refractivity contribution in [1.82, 2.24) is 9.80 Å². The molecule has 2 aliphatic rings. The van der Waals surface area contributed by atoms with E-state index >= 15 is 0 Å². The summed E-state index contributed by atoms with van der Waals surface area (Å²) in [5, 5.41) is 18.9. The highest BCUT2D eigenvalue weighted by atomic mass is 16.5. The first-order chi connectivity index (χ1) is 9.02. The summed E-state index contributed by atoms with van der Waals surface area (Å²) in [6.07, 6.45) is -1.57. The van der Waals surface area contributed by atoms with Crippen LogP contribution in [-0.4, -0.2) is 83.9 Å². The number of rotatable bonds is 4. The molecule has 108 valence electrons. The standard InChI is InChI=1S/C12H20N2O5/c1-19-3-2-13-5-8(4-11(13)17)12(18)14-6-9(15)10(16)7-14/h8-10,15-16H,2-7H2,1H3/t8?,9-,10+. The number of carbonyl (C=O) groups excluding carboxylic acids is 2. The Bertz CT molecular complexity index is 352. The molecule has 0 spiro atoms. The van der Waals surface area contributed by atoms with E-state index in [4.69, 9.17) is 4.74 Å². The summed E-state index contributed by atoms with van der Waals surface area (Å²) in [5.74, 6) is -0.582. The highest BCUT2D eigenvalue weighted by Crippen LogP contribution is 2.22. The molecule has 0 bridgehead atoms. The average molecular weight is 272 g/mol. The predicted molar refractivity (Wildman–Crippen MR) is 65.2 cm³/mol. The molecule has 0 aromatic rings. The molecule has 0 aliphatic carbocycles. The van der Waals surface area contributed by atoms with Gasteiger partial charge >= 0.3 is 0 Å². The third-order valence-electron chi connectivity index (χ3n) is 3.70. The zero-order chi connectivity index (χ0) is 14.0. The minimum Gasteiger partial charge on any atom is -0.388 e. The molecule has 19 heavy (non-hydrogen) atoms. The summed E-state index contributed by atoms with van der Waals surface area (Å²) < 4.78 is 4.92. The summed E-state index contributed by atoms with van der Waals surface area (Å²) in [6, 6.07) is 0. The molecule has 2 heterocycles. The maximum absolute atomic E-state index is 12.2. The monoisotopic (exact) mass is 272 g/mol. The van der Waals surface area contributed by atoms with E-state index in [1.165, 1.54) is 4.90 Å². The van der Waals surface area contributed by atoms with Crippen LogP contribution in [0.25, 0.3) is 0 Å². The summed E-state index contributed by atoms with van der Waals surface area (Å²) in [7, 11) is 1.57. The van der Waals surface area contributed by atoms with Gasteiger partial charge < -0.3 is 24.7 Å². The van der Waals surface area contributed by atoms with Crippen LogP contribution < -0.4 is 0 Å². The number of ether oxygens (including phenoxy) is 1. The van der Waals surface area contributed by atoms with Crippen molar-refractivity contribution >= 4 is 11.8 Å². The number of β-amino-alcohol motifs (C(OH)–C–C–N with tert-alkyl or cyclic N) is 2. The summed E-state index contributed by atoms with van der Waals surface area (Å²) >= 11 is 0. The Morgan fingerprint density at radius 3 is 2.53 bits per heavy atom. The molecular formula is C12H20N2O5. The zero-order valence-corrected chi connectivity index (χ0v) is 11.0. The lowest BCUT2D eigenvalue weighted by Crippen LogP contribution is -2.37. The van der Waals surface area contributed by atoms with Crippen LogP contribution in [0.15, 0.2) is 0 Å². The molecule has 1 unspecified atom stereocenters. The van der Waals surface area contributed by atoms with Crippen LogP contribution in [0, 0.1) is 5.92 Å². The van der Waals surface area contributed by atoms with Gasteiger partial charge in [0.05, 0.1) is 24.7 Å². The number of likely N-dealkylation sites (tertiary alicyclic amines) is 2. The largest absolute Gasteiger partial charge is 0.388 e. The zero-order valence-electron chi connectivity index (χ0n) is 11.0. The van der Waals surface area contributed by atoms with Gasteiger partial charge in [-0.15, -0.1) is 0 Å². The molecule has 2 rings (SSSR count). The first-order valence-electron chi connectivity index (χ1n) is 6.44. The van der Waals surface area contributed by atoms with Gasteiger partial charge in [0.2, 0.25) is 11.8 Å². The second-order valence-corrected chi connectivity index (χ2v) is 5.11. The van der Waals surface area contributed by atoms with Crippen LogP contribution in [0.3, 0.4) is 0 Å². The fourth-order valence-electron chi connectivity index (χ4n) is 2.56. The van der Waals surface area contributed by atoms with E-state index < -0.39 is 12.2 Å². The van der Waals surface area contributed by atoms with E-state index in [1.54, 1.807) is 12.0 Å². The number of nitrogens with zero attached hydrogens (tertiary/aromatic N) is 2. The fourth-order valence-corrected chi connectivity index (χ4v) is 2.56. The minimum absolute atomic E-state index is 0.0457. The van der Waals surface area contributed by atoms with Crippen molar-refractivity contribution in [3.8, 4) is 0 Å². The molecule has 2 amide bonds. The van der Waals surface area contributed by atoms with E-state index in [0.717, 1.165) is 0 Å². The average Bonchev–Trinajstić information content (AvgIpc) is 2.90. The van der Waals surface area contributed by atoms with Gasteiger partial charge in [-0.2, -0.15) is 0 Å². The molecule has 2 N–H and O–H groups in total. The number of methoxy groups -OCH3 is 1. The lowest BCUT2D eigenvalue weighted by molar-refractivity contribution is -0.135. The SMILES string of the molecule is COCCN1CC(C(=O)N2C[C@@H](O)[C@@H](O)C2)CC1=O. The van der Waals surface area contributed by atoms with Crippen molar-refractivity contribution in [3.05, 3.63) is 0 Å². The van der Waals surface area contributed by atoms with Crippen molar-refractivity contribution in [3.63, 3.8) is 0 Å². The lowest BCUT2D eigenvalue weighted by atomic mass is 10.1. The highest BCUT2D eigenvalue weighted by molar-refractivity contribution is 5.89. The van der Waals surface area contributed by atoms with Crippen molar-refractivity contribution in [2.45, 2.75) is 18.6 Å². The van der Waals surface area contributed by atoms with E-state index in [1.807, 2.05) is 0 Å². The number of carbonyl (C=O) groups is 2. The topological polar surface area (TPSA) is 90.3 Å². The van der Waals surface area contributed by atoms with Gasteiger partial charge in [-0.1, -0.05) is 0 Å². The van der Waals surface area contributed by atoms with Gasteiger partial charge in [0, 0.05) is 39.7 Å². The number of hydrogen-bond donors (Lipinski definition) is 2. The molecule has 0 radical (unpaired) electrons. The molecule has 0 aromatic heterocycles. The Hall–Kier alpha value is -1.18. The number of aliphatic hydroxyl groups excluding tert-OH is 2. The van der Waals surface area contributed by atoms with Crippen LogP contribution >= 0.6 is 0 Å². The van der Waals surface area contributed by atoms with E-state index in [-0.39, 0.29) is 37.2 Å². The summed E-state index contributed by atoms with van der Waals surface area (Å²) in [6.45, 7) is 1.62. The van der Waals surface area contributed by atoms with Crippen molar-refractivity contribution in [1.29, 1.82) is 0 Å². The van der Waals surface area contributed by atoms with Crippen molar-refractivity contribution in [2.24, 2.45) is 5.92 Å². The molecule has 7 nitrogen and oxygen atoms in total. The van der Waals surface area contributed by atoms with Crippen LogP contribution in [0.2, 0.25) is 0 Å². The Morgan fingerprint density at radius 1 is 1.32 bits per heavy atom. The normalized spacial score (nSPS) is 31.3. The first kappa shape index (κ1) is 14.2.